The Morgan fingerprint density at radius 2 is 2.15 bits per heavy atom. The predicted octanol–water partition coefficient (Wildman–Crippen LogP) is 2.25. The lowest BCUT2D eigenvalue weighted by molar-refractivity contribution is -0.137. The largest absolute Gasteiger partial charge is 0.328 e. The summed E-state index contributed by atoms with van der Waals surface area (Å²) in [6, 6.07) is 7.67. The number of rotatable bonds is 1. The molecule has 0 radical (unpaired) electrons. The van der Waals surface area contributed by atoms with Crippen molar-refractivity contribution in [3.05, 3.63) is 29.8 Å². The lowest BCUT2D eigenvalue weighted by Gasteiger charge is -2.29. The molecule has 106 valence electrons. The molecule has 1 aromatic carbocycles. The molecule has 3 rings (SSSR count). The fourth-order valence-corrected chi connectivity index (χ4v) is 4.11. The van der Waals surface area contributed by atoms with Gasteiger partial charge >= 0.3 is 0 Å². The van der Waals surface area contributed by atoms with Gasteiger partial charge in [0, 0.05) is 12.2 Å². The third kappa shape index (κ3) is 2.42. The zero-order chi connectivity index (χ0) is 14.2. The Labute approximate surface area is 122 Å². The number of amides is 2. The number of nitrogens with one attached hydrogen (secondary N) is 1. The highest BCUT2D eigenvalue weighted by Crippen LogP contribution is 2.39. The molecular weight excluding hydrogens is 272 g/mol. The van der Waals surface area contributed by atoms with Crippen LogP contribution < -0.4 is 5.32 Å². The Morgan fingerprint density at radius 1 is 1.35 bits per heavy atom. The highest BCUT2D eigenvalue weighted by Gasteiger charge is 2.41. The van der Waals surface area contributed by atoms with E-state index in [1.807, 2.05) is 31.2 Å². The van der Waals surface area contributed by atoms with Crippen molar-refractivity contribution in [2.24, 2.45) is 0 Å². The molecule has 0 spiro atoms. The van der Waals surface area contributed by atoms with E-state index in [0.717, 1.165) is 29.8 Å². The van der Waals surface area contributed by atoms with Gasteiger partial charge in [-0.1, -0.05) is 18.2 Å². The van der Waals surface area contributed by atoms with E-state index in [0.29, 0.717) is 6.54 Å². The maximum Gasteiger partial charge on any atom is 0.244 e. The van der Waals surface area contributed by atoms with Crippen molar-refractivity contribution in [3.63, 3.8) is 0 Å². The van der Waals surface area contributed by atoms with Gasteiger partial charge in [-0.25, -0.2) is 0 Å². The summed E-state index contributed by atoms with van der Waals surface area (Å²) in [4.78, 5) is 26.4. The molecule has 4 nitrogen and oxygen atoms in total. The van der Waals surface area contributed by atoms with Crippen LogP contribution in [0, 0.1) is 0 Å². The normalized spacial score (nSPS) is 25.9. The van der Waals surface area contributed by atoms with Crippen LogP contribution in [0.2, 0.25) is 0 Å². The van der Waals surface area contributed by atoms with Crippen molar-refractivity contribution in [1.29, 1.82) is 0 Å². The monoisotopic (exact) mass is 290 g/mol. The number of anilines is 1. The minimum Gasteiger partial charge on any atom is -0.328 e. The Balaban J connectivity index is 1.87. The summed E-state index contributed by atoms with van der Waals surface area (Å²) in [5.74, 6) is 1.00. The number of nitrogens with zero attached hydrogens (tertiary/aromatic N) is 1. The Morgan fingerprint density at radius 3 is 2.90 bits per heavy atom. The van der Waals surface area contributed by atoms with Crippen LogP contribution in [-0.4, -0.2) is 33.8 Å². The fourth-order valence-electron chi connectivity index (χ4n) is 2.83. The number of fused-ring (bicyclic) bond motifs is 1. The lowest BCUT2D eigenvalue weighted by atomic mass is 10.0. The smallest absolute Gasteiger partial charge is 0.244 e. The fraction of sp³-hybridized carbons (Fsp3) is 0.467. The van der Waals surface area contributed by atoms with E-state index in [1.165, 1.54) is 0 Å². The lowest BCUT2D eigenvalue weighted by Crippen LogP contribution is -2.45. The van der Waals surface area contributed by atoms with E-state index in [9.17, 15) is 9.59 Å². The molecule has 2 heterocycles. The quantitative estimate of drug-likeness (QED) is 0.863. The summed E-state index contributed by atoms with van der Waals surface area (Å²) in [7, 11) is 0. The van der Waals surface area contributed by atoms with Crippen molar-refractivity contribution in [2.45, 2.75) is 31.1 Å². The molecule has 2 amide bonds. The molecular formula is C15H18N2O2S. The zero-order valence-electron chi connectivity index (χ0n) is 11.5. The first-order valence-corrected chi connectivity index (χ1v) is 7.88. The van der Waals surface area contributed by atoms with Crippen molar-refractivity contribution < 1.29 is 9.59 Å². The molecule has 2 aliphatic heterocycles. The molecule has 1 N–H and O–H groups in total. The molecule has 1 aromatic rings. The van der Waals surface area contributed by atoms with Gasteiger partial charge in [-0.2, -0.15) is 0 Å². The zero-order valence-corrected chi connectivity index (χ0v) is 12.3. The average molecular weight is 290 g/mol. The van der Waals surface area contributed by atoms with Gasteiger partial charge in [0.2, 0.25) is 11.8 Å². The van der Waals surface area contributed by atoms with Crippen LogP contribution in [0.15, 0.2) is 24.3 Å². The van der Waals surface area contributed by atoms with Crippen molar-refractivity contribution in [3.8, 4) is 0 Å². The van der Waals surface area contributed by atoms with Crippen LogP contribution >= 0.6 is 11.8 Å². The van der Waals surface area contributed by atoms with Crippen LogP contribution in [0.3, 0.4) is 0 Å². The molecule has 1 saturated heterocycles. The van der Waals surface area contributed by atoms with Gasteiger partial charge < -0.3 is 10.2 Å². The van der Waals surface area contributed by atoms with Crippen molar-refractivity contribution in [2.75, 3.05) is 17.6 Å². The van der Waals surface area contributed by atoms with Crippen molar-refractivity contribution in [1.82, 2.24) is 4.90 Å². The molecule has 20 heavy (non-hydrogen) atoms. The number of carbonyl (C=O) groups is 2. The second kappa shape index (κ2) is 5.13. The highest BCUT2D eigenvalue weighted by molar-refractivity contribution is 8.01. The number of hydrogen-bond acceptors (Lipinski definition) is 3. The molecule has 1 fully saturated rings. The predicted molar refractivity (Wildman–Crippen MR) is 80.6 cm³/mol. The van der Waals surface area contributed by atoms with Gasteiger partial charge in [0.15, 0.2) is 0 Å². The molecule has 0 aliphatic carbocycles. The molecule has 5 heteroatoms. The first kappa shape index (κ1) is 13.5. The van der Waals surface area contributed by atoms with Crippen LogP contribution in [-0.2, 0) is 16.1 Å². The molecule has 0 bridgehead atoms. The van der Waals surface area contributed by atoms with Crippen LogP contribution in [0.4, 0.5) is 5.69 Å². The van der Waals surface area contributed by atoms with Gasteiger partial charge in [-0.05, 0) is 37.1 Å². The van der Waals surface area contributed by atoms with Crippen molar-refractivity contribution >= 4 is 29.3 Å². The number of para-hydroxylation sites is 1. The number of hydrogen-bond donors (Lipinski definition) is 1. The first-order chi connectivity index (χ1) is 9.58. The second-order valence-electron chi connectivity index (χ2n) is 5.55. The highest BCUT2D eigenvalue weighted by atomic mass is 32.2. The van der Waals surface area contributed by atoms with Crippen LogP contribution in [0.25, 0.3) is 0 Å². The minimum atomic E-state index is -0.362. The molecule has 0 saturated carbocycles. The van der Waals surface area contributed by atoms with E-state index in [2.05, 4.69) is 5.32 Å². The minimum absolute atomic E-state index is 0.0897. The average Bonchev–Trinajstić information content (AvgIpc) is 2.79. The summed E-state index contributed by atoms with van der Waals surface area (Å²) < 4.78 is -0.362. The molecule has 2 aliphatic rings. The van der Waals surface area contributed by atoms with E-state index >= 15 is 0 Å². The third-order valence-corrected chi connectivity index (χ3v) is 5.45. The van der Waals surface area contributed by atoms with Crippen LogP contribution in [0.1, 0.15) is 25.3 Å². The van der Waals surface area contributed by atoms with Crippen LogP contribution in [0.5, 0.6) is 0 Å². The van der Waals surface area contributed by atoms with E-state index in [4.69, 9.17) is 0 Å². The Bertz CT molecular complexity index is 553. The molecule has 1 unspecified atom stereocenters. The summed E-state index contributed by atoms with van der Waals surface area (Å²) in [5, 5.41) is 2.87. The number of thioether (sulfide) groups is 1. The third-order valence-electron chi connectivity index (χ3n) is 3.95. The maximum absolute atomic E-state index is 12.8. The van der Waals surface area contributed by atoms with Gasteiger partial charge in [0.05, 0.1) is 4.75 Å². The van der Waals surface area contributed by atoms with Gasteiger partial charge in [0.25, 0.3) is 0 Å². The number of carbonyl (C=O) groups excluding carboxylic acids is 2. The SMILES string of the molecule is CC1(C(=O)N2CC(=O)Nc3ccccc3C2)CCCS1. The molecule has 0 aromatic heterocycles. The van der Waals surface area contributed by atoms with Gasteiger partial charge in [0.1, 0.15) is 6.54 Å². The summed E-state index contributed by atoms with van der Waals surface area (Å²) >= 11 is 1.71. The number of benzene rings is 1. The summed E-state index contributed by atoms with van der Waals surface area (Å²) in [5.41, 5.74) is 1.82. The van der Waals surface area contributed by atoms with Gasteiger partial charge in [-0.3, -0.25) is 9.59 Å². The summed E-state index contributed by atoms with van der Waals surface area (Å²) in [6.07, 6.45) is 1.97. The van der Waals surface area contributed by atoms with Gasteiger partial charge in [-0.15, -0.1) is 11.8 Å². The Hall–Kier alpha value is -1.49. The first-order valence-electron chi connectivity index (χ1n) is 6.90. The second-order valence-corrected chi connectivity index (χ2v) is 7.15. The standard InChI is InChI=1S/C15H18N2O2S/c1-15(7-4-8-20-15)14(19)17-9-11-5-2-3-6-12(11)16-13(18)10-17/h2-3,5-6H,4,7-10H2,1H3,(H,16,18). The molecule has 1 atom stereocenters. The Kier molecular flexibility index (Phi) is 3.46. The summed E-state index contributed by atoms with van der Waals surface area (Å²) in [6.45, 7) is 2.65. The maximum atomic E-state index is 12.8. The topological polar surface area (TPSA) is 49.4 Å². The van der Waals surface area contributed by atoms with E-state index in [-0.39, 0.29) is 23.1 Å². The van der Waals surface area contributed by atoms with E-state index in [1.54, 1.807) is 16.7 Å². The van der Waals surface area contributed by atoms with E-state index < -0.39 is 0 Å².